The van der Waals surface area contributed by atoms with Crippen molar-refractivity contribution in [1.82, 2.24) is 0 Å². The Morgan fingerprint density at radius 2 is 1.73 bits per heavy atom. The minimum atomic E-state index is -0.325. The monoisotopic (exact) mass is 214 g/mol. The van der Waals surface area contributed by atoms with Crippen molar-refractivity contribution in [2.75, 3.05) is 6.61 Å². The van der Waals surface area contributed by atoms with Gasteiger partial charge in [0.05, 0.1) is 12.5 Å². The van der Waals surface area contributed by atoms with Crippen molar-refractivity contribution < 1.29 is 14.3 Å². The zero-order valence-electron chi connectivity index (χ0n) is 10.2. The number of rotatable bonds is 7. The molecular weight excluding hydrogens is 192 g/mol. The number of carbonyl (C=O) groups excluding carboxylic acids is 2. The van der Waals surface area contributed by atoms with Crippen molar-refractivity contribution in [2.45, 2.75) is 47.0 Å². The summed E-state index contributed by atoms with van der Waals surface area (Å²) in [7, 11) is 0. The Bertz CT molecular complexity index is 211. The van der Waals surface area contributed by atoms with E-state index in [0.29, 0.717) is 13.0 Å². The molecule has 0 aromatic heterocycles. The van der Waals surface area contributed by atoms with Crippen molar-refractivity contribution in [3.63, 3.8) is 0 Å². The van der Waals surface area contributed by atoms with E-state index in [1.165, 1.54) is 0 Å². The quantitative estimate of drug-likeness (QED) is 0.612. The van der Waals surface area contributed by atoms with Gasteiger partial charge in [-0.05, 0) is 13.3 Å². The Labute approximate surface area is 92.2 Å². The highest BCUT2D eigenvalue weighted by Crippen LogP contribution is 2.16. The standard InChI is InChI=1S/C12H22O3/c1-5-7-8-11(13)9(3)10(4)12(14)15-6-2/h9-10H,5-8H2,1-4H3. The molecule has 0 aromatic rings. The van der Waals surface area contributed by atoms with Crippen molar-refractivity contribution in [1.29, 1.82) is 0 Å². The molecule has 0 saturated carbocycles. The summed E-state index contributed by atoms with van der Waals surface area (Å²) < 4.78 is 4.89. The van der Waals surface area contributed by atoms with Crippen LogP contribution in [-0.4, -0.2) is 18.4 Å². The molecule has 0 radical (unpaired) electrons. The van der Waals surface area contributed by atoms with E-state index in [2.05, 4.69) is 0 Å². The molecule has 2 atom stereocenters. The van der Waals surface area contributed by atoms with Crippen LogP contribution in [0.1, 0.15) is 47.0 Å². The molecule has 0 aliphatic carbocycles. The summed E-state index contributed by atoms with van der Waals surface area (Å²) in [6, 6.07) is 0. The molecule has 0 aliphatic rings. The predicted molar refractivity (Wildman–Crippen MR) is 59.5 cm³/mol. The molecule has 0 spiro atoms. The SMILES string of the molecule is CCCCC(=O)C(C)C(C)C(=O)OCC. The lowest BCUT2D eigenvalue weighted by molar-refractivity contribution is -0.151. The van der Waals surface area contributed by atoms with Crippen LogP contribution in [0.3, 0.4) is 0 Å². The smallest absolute Gasteiger partial charge is 0.309 e. The molecule has 3 heteroatoms. The van der Waals surface area contributed by atoms with Gasteiger partial charge in [-0.1, -0.05) is 27.2 Å². The largest absolute Gasteiger partial charge is 0.466 e. The van der Waals surface area contributed by atoms with Gasteiger partial charge in [0.25, 0.3) is 0 Å². The van der Waals surface area contributed by atoms with Crippen LogP contribution in [0.4, 0.5) is 0 Å². The maximum absolute atomic E-state index is 11.6. The number of esters is 1. The van der Waals surface area contributed by atoms with Crippen LogP contribution in [0.25, 0.3) is 0 Å². The Kier molecular flexibility index (Phi) is 7.01. The second kappa shape index (κ2) is 7.43. The van der Waals surface area contributed by atoms with E-state index in [1.54, 1.807) is 20.8 Å². The Morgan fingerprint density at radius 1 is 1.13 bits per heavy atom. The van der Waals surface area contributed by atoms with Gasteiger partial charge in [0.15, 0.2) is 0 Å². The van der Waals surface area contributed by atoms with Gasteiger partial charge in [-0.15, -0.1) is 0 Å². The fraction of sp³-hybridized carbons (Fsp3) is 0.833. The third-order valence-electron chi connectivity index (χ3n) is 2.69. The van der Waals surface area contributed by atoms with E-state index in [-0.39, 0.29) is 23.6 Å². The van der Waals surface area contributed by atoms with E-state index in [4.69, 9.17) is 4.74 Å². The normalized spacial score (nSPS) is 14.4. The van der Waals surface area contributed by atoms with E-state index in [9.17, 15) is 9.59 Å². The summed E-state index contributed by atoms with van der Waals surface area (Å²) in [6.45, 7) is 7.76. The van der Waals surface area contributed by atoms with Gasteiger partial charge >= 0.3 is 5.97 Å². The summed E-state index contributed by atoms with van der Waals surface area (Å²) in [5, 5.41) is 0. The number of unbranched alkanes of at least 4 members (excludes halogenated alkanes) is 1. The van der Waals surface area contributed by atoms with Crippen LogP contribution in [0.15, 0.2) is 0 Å². The average Bonchev–Trinajstić information content (AvgIpc) is 2.24. The van der Waals surface area contributed by atoms with Crippen LogP contribution < -0.4 is 0 Å². The fourth-order valence-electron chi connectivity index (χ4n) is 1.34. The van der Waals surface area contributed by atoms with Crippen molar-refractivity contribution in [3.05, 3.63) is 0 Å². The number of ketones is 1. The summed E-state index contributed by atoms with van der Waals surface area (Å²) >= 11 is 0. The van der Waals surface area contributed by atoms with Gasteiger partial charge in [-0.3, -0.25) is 9.59 Å². The Morgan fingerprint density at radius 3 is 2.20 bits per heavy atom. The summed E-state index contributed by atoms with van der Waals surface area (Å²) in [5.74, 6) is -0.655. The molecule has 0 fully saturated rings. The molecule has 0 rings (SSSR count). The Hall–Kier alpha value is -0.860. The van der Waals surface area contributed by atoms with Crippen molar-refractivity contribution >= 4 is 11.8 Å². The van der Waals surface area contributed by atoms with Crippen LogP contribution in [0.2, 0.25) is 0 Å². The highest BCUT2D eigenvalue weighted by molar-refractivity contribution is 5.86. The molecule has 3 nitrogen and oxygen atoms in total. The summed E-state index contributed by atoms with van der Waals surface area (Å²) in [6.07, 6.45) is 2.48. The lowest BCUT2D eigenvalue weighted by Crippen LogP contribution is -2.27. The molecule has 0 N–H and O–H groups in total. The number of hydrogen-bond acceptors (Lipinski definition) is 3. The molecule has 0 heterocycles. The van der Waals surface area contributed by atoms with E-state index < -0.39 is 0 Å². The zero-order chi connectivity index (χ0) is 11.8. The van der Waals surface area contributed by atoms with Gasteiger partial charge in [0.2, 0.25) is 0 Å². The highest BCUT2D eigenvalue weighted by atomic mass is 16.5. The molecule has 0 amide bonds. The van der Waals surface area contributed by atoms with Crippen LogP contribution in [-0.2, 0) is 14.3 Å². The first-order valence-corrected chi connectivity index (χ1v) is 5.73. The minimum Gasteiger partial charge on any atom is -0.466 e. The molecular formula is C12H22O3. The lowest BCUT2D eigenvalue weighted by Gasteiger charge is -2.16. The summed E-state index contributed by atoms with van der Waals surface area (Å²) in [5.41, 5.74) is 0. The second-order valence-electron chi connectivity index (χ2n) is 3.90. The van der Waals surface area contributed by atoms with Gasteiger partial charge in [-0.25, -0.2) is 0 Å². The number of hydrogen-bond donors (Lipinski definition) is 0. The van der Waals surface area contributed by atoms with Crippen molar-refractivity contribution in [3.8, 4) is 0 Å². The van der Waals surface area contributed by atoms with E-state index in [0.717, 1.165) is 12.8 Å². The molecule has 0 saturated heterocycles. The third-order valence-corrected chi connectivity index (χ3v) is 2.69. The number of carbonyl (C=O) groups is 2. The summed E-state index contributed by atoms with van der Waals surface area (Å²) in [4.78, 5) is 23.0. The third kappa shape index (κ3) is 4.96. The molecule has 0 aromatic carbocycles. The van der Waals surface area contributed by atoms with E-state index >= 15 is 0 Å². The maximum Gasteiger partial charge on any atom is 0.309 e. The van der Waals surface area contributed by atoms with Crippen LogP contribution >= 0.6 is 0 Å². The van der Waals surface area contributed by atoms with Gasteiger partial charge in [0, 0.05) is 12.3 Å². The van der Waals surface area contributed by atoms with Gasteiger partial charge in [0.1, 0.15) is 5.78 Å². The van der Waals surface area contributed by atoms with Gasteiger partial charge < -0.3 is 4.74 Å². The topological polar surface area (TPSA) is 43.4 Å². The first-order chi connectivity index (χ1) is 7.04. The minimum absolute atomic E-state index is 0.164. The van der Waals surface area contributed by atoms with Crippen LogP contribution in [0.5, 0.6) is 0 Å². The molecule has 0 bridgehead atoms. The molecule has 0 aliphatic heterocycles. The molecule has 15 heavy (non-hydrogen) atoms. The molecule has 2 unspecified atom stereocenters. The average molecular weight is 214 g/mol. The number of ether oxygens (including phenoxy) is 1. The predicted octanol–water partition coefficient (Wildman–Crippen LogP) is 2.58. The fourth-order valence-corrected chi connectivity index (χ4v) is 1.34. The highest BCUT2D eigenvalue weighted by Gasteiger charge is 2.26. The molecule has 88 valence electrons. The first-order valence-electron chi connectivity index (χ1n) is 5.73. The Balaban J connectivity index is 4.11. The van der Waals surface area contributed by atoms with Crippen LogP contribution in [0, 0.1) is 11.8 Å². The lowest BCUT2D eigenvalue weighted by atomic mass is 9.89. The number of Topliss-reactive ketones (excluding diaryl/α,β-unsaturated/α-hetero) is 1. The van der Waals surface area contributed by atoms with Gasteiger partial charge in [-0.2, -0.15) is 0 Å². The zero-order valence-corrected chi connectivity index (χ0v) is 10.2. The van der Waals surface area contributed by atoms with E-state index in [1.807, 2.05) is 6.92 Å². The first kappa shape index (κ1) is 14.1. The van der Waals surface area contributed by atoms with Crippen molar-refractivity contribution in [2.24, 2.45) is 11.8 Å². The second-order valence-corrected chi connectivity index (χ2v) is 3.90. The maximum atomic E-state index is 11.6.